The third kappa shape index (κ3) is 2.77. The van der Waals surface area contributed by atoms with E-state index in [1.165, 1.54) is 0 Å². The van der Waals surface area contributed by atoms with Crippen LogP contribution < -0.4 is 11.1 Å². The van der Waals surface area contributed by atoms with Crippen molar-refractivity contribution in [3.8, 4) is 11.3 Å². The summed E-state index contributed by atoms with van der Waals surface area (Å²) in [7, 11) is 0. The average Bonchev–Trinajstić information content (AvgIpc) is 3.14. The second-order valence-electron chi connectivity index (χ2n) is 6.26. The van der Waals surface area contributed by atoms with E-state index in [-0.39, 0.29) is 0 Å². The van der Waals surface area contributed by atoms with Crippen molar-refractivity contribution >= 4 is 16.9 Å². The van der Waals surface area contributed by atoms with Crippen molar-refractivity contribution in [1.82, 2.24) is 20.2 Å². The smallest absolute Gasteiger partial charge is 0.223 e. The van der Waals surface area contributed by atoms with Crippen LogP contribution in [0.3, 0.4) is 0 Å². The molecule has 4 N–H and O–H groups in total. The molecule has 0 bridgehead atoms. The van der Waals surface area contributed by atoms with Crippen LogP contribution in [0, 0.1) is 6.92 Å². The van der Waals surface area contributed by atoms with Crippen LogP contribution in [0.2, 0.25) is 0 Å². The van der Waals surface area contributed by atoms with Crippen LogP contribution in [-0.2, 0) is 0 Å². The molecule has 4 rings (SSSR count). The number of hydrogen-bond acceptors (Lipinski definition) is 5. The summed E-state index contributed by atoms with van der Waals surface area (Å²) in [5.41, 5.74) is 9.98. The number of aromatic amines is 1. The molecule has 6 heteroatoms. The molecule has 2 heterocycles. The van der Waals surface area contributed by atoms with E-state index < -0.39 is 0 Å². The Morgan fingerprint density at radius 2 is 2.17 bits per heavy atom. The largest absolute Gasteiger partial charge is 0.351 e. The van der Waals surface area contributed by atoms with Crippen molar-refractivity contribution in [1.29, 1.82) is 0 Å². The molecule has 0 radical (unpaired) electrons. The van der Waals surface area contributed by atoms with E-state index in [9.17, 15) is 0 Å². The molecule has 2 atom stereocenters. The zero-order chi connectivity index (χ0) is 15.8. The van der Waals surface area contributed by atoms with Crippen molar-refractivity contribution in [2.75, 3.05) is 5.32 Å². The number of fused-ring (bicyclic) bond motifs is 1. The lowest BCUT2D eigenvalue weighted by atomic mass is 10.1. The molecule has 3 aromatic rings. The number of aromatic nitrogens is 4. The summed E-state index contributed by atoms with van der Waals surface area (Å²) in [6.45, 7) is 2.02. The SMILES string of the molecule is Cc1[nH]nc2ccc(-c3ccnc(NC4CCC(N)C4)n3)cc12. The summed E-state index contributed by atoms with van der Waals surface area (Å²) in [6, 6.07) is 8.77. The van der Waals surface area contributed by atoms with Gasteiger partial charge in [0.15, 0.2) is 0 Å². The maximum Gasteiger partial charge on any atom is 0.223 e. The van der Waals surface area contributed by atoms with Crippen LogP contribution in [0.5, 0.6) is 0 Å². The third-order valence-electron chi connectivity index (χ3n) is 4.50. The van der Waals surface area contributed by atoms with Crippen molar-refractivity contribution < 1.29 is 0 Å². The Morgan fingerprint density at radius 3 is 3.00 bits per heavy atom. The highest BCUT2D eigenvalue weighted by Crippen LogP contribution is 2.25. The fourth-order valence-corrected chi connectivity index (χ4v) is 3.22. The van der Waals surface area contributed by atoms with Crippen molar-refractivity contribution in [2.24, 2.45) is 5.73 Å². The number of aryl methyl sites for hydroxylation is 1. The van der Waals surface area contributed by atoms with Gasteiger partial charge in [0.25, 0.3) is 0 Å². The molecule has 2 aromatic heterocycles. The van der Waals surface area contributed by atoms with Gasteiger partial charge >= 0.3 is 0 Å². The van der Waals surface area contributed by atoms with E-state index >= 15 is 0 Å². The van der Waals surface area contributed by atoms with E-state index in [2.05, 4.69) is 31.5 Å². The van der Waals surface area contributed by atoms with E-state index in [1.54, 1.807) is 6.20 Å². The second-order valence-corrected chi connectivity index (χ2v) is 6.26. The first-order valence-electron chi connectivity index (χ1n) is 7.99. The van der Waals surface area contributed by atoms with Gasteiger partial charge in [-0.05, 0) is 44.4 Å². The fraction of sp³-hybridized carbons (Fsp3) is 0.353. The van der Waals surface area contributed by atoms with Crippen molar-refractivity contribution in [3.05, 3.63) is 36.2 Å². The van der Waals surface area contributed by atoms with E-state index in [0.29, 0.717) is 18.0 Å². The minimum atomic E-state index is 0.294. The molecule has 0 spiro atoms. The van der Waals surface area contributed by atoms with Crippen LogP contribution in [0.15, 0.2) is 30.5 Å². The number of nitrogens with one attached hydrogen (secondary N) is 2. The lowest BCUT2D eigenvalue weighted by Gasteiger charge is -2.12. The Morgan fingerprint density at radius 1 is 1.26 bits per heavy atom. The summed E-state index contributed by atoms with van der Waals surface area (Å²) in [5.74, 6) is 0.672. The predicted octanol–water partition coefficient (Wildman–Crippen LogP) is 2.62. The highest BCUT2D eigenvalue weighted by Gasteiger charge is 2.22. The van der Waals surface area contributed by atoms with Crippen LogP contribution in [-0.4, -0.2) is 32.2 Å². The normalized spacial score (nSPS) is 21.0. The molecule has 1 saturated carbocycles. The van der Waals surface area contributed by atoms with Gasteiger partial charge in [-0.25, -0.2) is 9.97 Å². The number of nitrogens with zero attached hydrogens (tertiary/aromatic N) is 3. The summed E-state index contributed by atoms with van der Waals surface area (Å²) < 4.78 is 0. The lowest BCUT2D eigenvalue weighted by Crippen LogP contribution is -2.21. The van der Waals surface area contributed by atoms with Crippen LogP contribution in [0.1, 0.15) is 25.0 Å². The molecule has 1 aliphatic rings. The number of hydrogen-bond donors (Lipinski definition) is 3. The lowest BCUT2D eigenvalue weighted by molar-refractivity contribution is 0.685. The number of benzene rings is 1. The van der Waals surface area contributed by atoms with Gasteiger partial charge in [-0.15, -0.1) is 0 Å². The summed E-state index contributed by atoms with van der Waals surface area (Å²) in [5, 5.41) is 11.8. The Hall–Kier alpha value is -2.47. The van der Waals surface area contributed by atoms with Gasteiger partial charge in [-0.1, -0.05) is 6.07 Å². The summed E-state index contributed by atoms with van der Waals surface area (Å²) in [6.07, 6.45) is 4.92. The van der Waals surface area contributed by atoms with Gasteiger partial charge in [0, 0.05) is 34.9 Å². The van der Waals surface area contributed by atoms with E-state index in [0.717, 1.165) is 47.1 Å². The summed E-state index contributed by atoms with van der Waals surface area (Å²) >= 11 is 0. The molecule has 0 amide bonds. The van der Waals surface area contributed by atoms with E-state index in [4.69, 9.17) is 5.73 Å². The van der Waals surface area contributed by atoms with Gasteiger partial charge < -0.3 is 11.1 Å². The molecule has 1 aliphatic carbocycles. The van der Waals surface area contributed by atoms with Crippen LogP contribution in [0.4, 0.5) is 5.95 Å². The Labute approximate surface area is 134 Å². The highest BCUT2D eigenvalue weighted by molar-refractivity contribution is 5.85. The minimum Gasteiger partial charge on any atom is -0.351 e. The molecule has 118 valence electrons. The maximum atomic E-state index is 5.97. The number of nitrogens with two attached hydrogens (primary N) is 1. The Bertz CT molecular complexity index is 840. The first-order chi connectivity index (χ1) is 11.2. The third-order valence-corrected chi connectivity index (χ3v) is 4.50. The van der Waals surface area contributed by atoms with Gasteiger partial charge in [-0.3, -0.25) is 5.10 Å². The summed E-state index contributed by atoms with van der Waals surface area (Å²) in [4.78, 5) is 9.00. The molecule has 1 aromatic carbocycles. The molecule has 1 fully saturated rings. The van der Waals surface area contributed by atoms with E-state index in [1.807, 2.05) is 25.1 Å². The quantitative estimate of drug-likeness (QED) is 0.691. The topological polar surface area (TPSA) is 92.5 Å². The zero-order valence-corrected chi connectivity index (χ0v) is 13.1. The molecule has 2 unspecified atom stereocenters. The molecular formula is C17H20N6. The highest BCUT2D eigenvalue weighted by atomic mass is 15.1. The number of H-pyrrole nitrogens is 1. The predicted molar refractivity (Wildman–Crippen MR) is 91.1 cm³/mol. The Kier molecular flexibility index (Phi) is 3.46. The fourth-order valence-electron chi connectivity index (χ4n) is 3.22. The number of anilines is 1. The van der Waals surface area contributed by atoms with Crippen LogP contribution in [0.25, 0.3) is 22.2 Å². The van der Waals surface area contributed by atoms with Crippen LogP contribution >= 0.6 is 0 Å². The molecule has 23 heavy (non-hydrogen) atoms. The minimum absolute atomic E-state index is 0.294. The van der Waals surface area contributed by atoms with Gasteiger partial charge in [-0.2, -0.15) is 5.10 Å². The standard InChI is InChI=1S/C17H20N6/c1-10-14-8-11(2-5-16(14)23-22-10)15-6-7-19-17(21-15)20-13-4-3-12(18)9-13/h2,5-8,12-13H,3-4,9,18H2,1H3,(H,22,23)(H,19,20,21). The van der Waals surface area contributed by atoms with Gasteiger partial charge in [0.1, 0.15) is 0 Å². The molecule has 0 saturated heterocycles. The first kappa shape index (κ1) is 14.1. The molecule has 0 aliphatic heterocycles. The average molecular weight is 308 g/mol. The van der Waals surface area contributed by atoms with Gasteiger partial charge in [0.2, 0.25) is 5.95 Å². The van der Waals surface area contributed by atoms with Crippen molar-refractivity contribution in [2.45, 2.75) is 38.3 Å². The van der Waals surface area contributed by atoms with Crippen molar-refractivity contribution in [3.63, 3.8) is 0 Å². The van der Waals surface area contributed by atoms with Gasteiger partial charge in [0.05, 0.1) is 11.2 Å². The molecule has 6 nitrogen and oxygen atoms in total. The molecular weight excluding hydrogens is 288 g/mol. The first-order valence-corrected chi connectivity index (χ1v) is 7.99. The Balaban J connectivity index is 1.62. The number of rotatable bonds is 3. The zero-order valence-electron chi connectivity index (χ0n) is 13.1. The second kappa shape index (κ2) is 5.62. The maximum absolute atomic E-state index is 5.97. The monoisotopic (exact) mass is 308 g/mol.